The third-order valence-electron chi connectivity index (χ3n) is 4.50. The van der Waals surface area contributed by atoms with E-state index in [1.54, 1.807) is 35.4 Å². The Bertz CT molecular complexity index is 1060. The summed E-state index contributed by atoms with van der Waals surface area (Å²) < 4.78 is 15.0. The number of benzene rings is 1. The SMILES string of the molecule is CCC(Nc1nc(-c2cccnc2)nc2c1cnn2C)c1ccc(F)cc1. The summed E-state index contributed by atoms with van der Waals surface area (Å²) in [5.41, 5.74) is 2.57. The normalized spacial score (nSPS) is 12.3. The fraction of sp³-hybridized carbons (Fsp3) is 0.200. The molecule has 3 aromatic heterocycles. The molecule has 7 heteroatoms. The molecule has 4 rings (SSSR count). The smallest absolute Gasteiger partial charge is 0.165 e. The van der Waals surface area contributed by atoms with E-state index in [2.05, 4.69) is 27.3 Å². The van der Waals surface area contributed by atoms with Crippen molar-refractivity contribution in [3.63, 3.8) is 0 Å². The lowest BCUT2D eigenvalue weighted by atomic mass is 10.0. The average molecular weight is 362 g/mol. The first-order valence-electron chi connectivity index (χ1n) is 8.78. The quantitative estimate of drug-likeness (QED) is 0.578. The van der Waals surface area contributed by atoms with Crippen LogP contribution in [0.4, 0.5) is 10.2 Å². The number of halogens is 1. The van der Waals surface area contributed by atoms with Gasteiger partial charge in [-0.05, 0) is 36.2 Å². The zero-order valence-electron chi connectivity index (χ0n) is 15.1. The van der Waals surface area contributed by atoms with Crippen LogP contribution in [-0.4, -0.2) is 24.7 Å². The molecule has 0 saturated heterocycles. The van der Waals surface area contributed by atoms with Crippen molar-refractivity contribution in [3.05, 3.63) is 66.4 Å². The van der Waals surface area contributed by atoms with Crippen LogP contribution in [0.3, 0.4) is 0 Å². The number of rotatable bonds is 5. The highest BCUT2D eigenvalue weighted by atomic mass is 19.1. The molecule has 1 N–H and O–H groups in total. The number of pyridine rings is 1. The van der Waals surface area contributed by atoms with Crippen LogP contribution in [0.5, 0.6) is 0 Å². The van der Waals surface area contributed by atoms with E-state index in [0.717, 1.165) is 28.6 Å². The molecular formula is C20H19FN6. The first-order chi connectivity index (χ1) is 13.2. The van der Waals surface area contributed by atoms with Gasteiger partial charge in [-0.15, -0.1) is 0 Å². The predicted octanol–water partition coefficient (Wildman–Crippen LogP) is 4.13. The number of nitrogens with zero attached hydrogens (tertiary/aromatic N) is 5. The molecule has 0 fully saturated rings. The van der Waals surface area contributed by atoms with Gasteiger partial charge in [0.25, 0.3) is 0 Å². The number of fused-ring (bicyclic) bond motifs is 1. The maximum Gasteiger partial charge on any atom is 0.165 e. The monoisotopic (exact) mass is 362 g/mol. The summed E-state index contributed by atoms with van der Waals surface area (Å²) in [5.74, 6) is 1.03. The van der Waals surface area contributed by atoms with Crippen LogP contribution in [0, 0.1) is 5.82 Å². The molecule has 1 atom stereocenters. The highest BCUT2D eigenvalue weighted by Gasteiger charge is 2.17. The highest BCUT2D eigenvalue weighted by molar-refractivity contribution is 5.88. The summed E-state index contributed by atoms with van der Waals surface area (Å²) >= 11 is 0. The molecule has 4 aromatic rings. The lowest BCUT2D eigenvalue weighted by Crippen LogP contribution is -2.12. The second kappa shape index (κ2) is 7.11. The molecule has 0 radical (unpaired) electrons. The molecule has 0 spiro atoms. The topological polar surface area (TPSA) is 68.5 Å². The van der Waals surface area contributed by atoms with Crippen molar-refractivity contribution < 1.29 is 4.39 Å². The van der Waals surface area contributed by atoms with Gasteiger partial charge in [0.15, 0.2) is 11.5 Å². The molecule has 0 aliphatic rings. The maximum atomic E-state index is 13.3. The van der Waals surface area contributed by atoms with Crippen LogP contribution >= 0.6 is 0 Å². The third-order valence-corrected chi connectivity index (χ3v) is 4.50. The van der Waals surface area contributed by atoms with E-state index in [9.17, 15) is 4.39 Å². The van der Waals surface area contributed by atoms with E-state index in [1.165, 1.54) is 12.1 Å². The highest BCUT2D eigenvalue weighted by Crippen LogP contribution is 2.28. The standard InChI is InChI=1S/C20H19FN6/c1-3-17(13-6-8-15(21)9-7-13)24-19-16-12-23-27(2)20(16)26-18(25-19)14-5-4-10-22-11-14/h4-12,17H,3H2,1-2H3,(H,24,25,26). The lowest BCUT2D eigenvalue weighted by Gasteiger charge is -2.19. The van der Waals surface area contributed by atoms with Crippen molar-refractivity contribution in [2.75, 3.05) is 5.32 Å². The Labute approximate surface area is 156 Å². The van der Waals surface area contributed by atoms with Crippen LogP contribution in [0.2, 0.25) is 0 Å². The van der Waals surface area contributed by atoms with Crippen LogP contribution in [-0.2, 0) is 7.05 Å². The summed E-state index contributed by atoms with van der Waals surface area (Å²) in [6, 6.07) is 10.3. The molecule has 136 valence electrons. The summed E-state index contributed by atoms with van der Waals surface area (Å²) in [7, 11) is 1.85. The number of aryl methyl sites for hydroxylation is 1. The summed E-state index contributed by atoms with van der Waals surface area (Å²) in [6.45, 7) is 2.07. The van der Waals surface area contributed by atoms with E-state index in [1.807, 2.05) is 19.2 Å². The first-order valence-corrected chi connectivity index (χ1v) is 8.78. The molecule has 1 unspecified atom stereocenters. The van der Waals surface area contributed by atoms with Gasteiger partial charge in [0.2, 0.25) is 0 Å². The Morgan fingerprint density at radius 1 is 1.11 bits per heavy atom. The Morgan fingerprint density at radius 3 is 2.63 bits per heavy atom. The number of hydrogen-bond acceptors (Lipinski definition) is 5. The van der Waals surface area contributed by atoms with Gasteiger partial charge in [0, 0.05) is 25.0 Å². The summed E-state index contributed by atoms with van der Waals surface area (Å²) in [5, 5.41) is 8.64. The van der Waals surface area contributed by atoms with Gasteiger partial charge in [-0.25, -0.2) is 14.4 Å². The van der Waals surface area contributed by atoms with Gasteiger partial charge in [-0.2, -0.15) is 5.10 Å². The Hall–Kier alpha value is -3.35. The summed E-state index contributed by atoms with van der Waals surface area (Å²) in [4.78, 5) is 13.5. The van der Waals surface area contributed by atoms with E-state index in [-0.39, 0.29) is 11.9 Å². The molecule has 0 aliphatic heterocycles. The number of aromatic nitrogens is 5. The van der Waals surface area contributed by atoms with Gasteiger partial charge < -0.3 is 5.32 Å². The van der Waals surface area contributed by atoms with Crippen LogP contribution in [0.25, 0.3) is 22.4 Å². The molecule has 0 bridgehead atoms. The van der Waals surface area contributed by atoms with Gasteiger partial charge in [0.1, 0.15) is 11.6 Å². The largest absolute Gasteiger partial charge is 0.363 e. The minimum absolute atomic E-state index is 0.00865. The van der Waals surface area contributed by atoms with Gasteiger partial charge >= 0.3 is 0 Å². The average Bonchev–Trinajstić information content (AvgIpc) is 3.08. The molecule has 0 aliphatic carbocycles. The van der Waals surface area contributed by atoms with E-state index >= 15 is 0 Å². The Morgan fingerprint density at radius 2 is 1.93 bits per heavy atom. The van der Waals surface area contributed by atoms with E-state index in [0.29, 0.717) is 11.6 Å². The van der Waals surface area contributed by atoms with Crippen LogP contribution < -0.4 is 5.32 Å². The molecule has 27 heavy (non-hydrogen) atoms. The molecule has 0 saturated carbocycles. The molecule has 3 heterocycles. The lowest BCUT2D eigenvalue weighted by molar-refractivity contribution is 0.625. The second-order valence-corrected chi connectivity index (χ2v) is 6.30. The Balaban J connectivity index is 1.79. The van der Waals surface area contributed by atoms with Crippen molar-refractivity contribution >= 4 is 16.9 Å². The van der Waals surface area contributed by atoms with Crippen molar-refractivity contribution in [3.8, 4) is 11.4 Å². The van der Waals surface area contributed by atoms with E-state index < -0.39 is 0 Å². The fourth-order valence-corrected chi connectivity index (χ4v) is 3.04. The molecule has 0 amide bonds. The molecular weight excluding hydrogens is 343 g/mol. The molecule has 1 aromatic carbocycles. The van der Waals surface area contributed by atoms with Gasteiger partial charge in [-0.1, -0.05) is 19.1 Å². The Kier molecular flexibility index (Phi) is 4.50. The van der Waals surface area contributed by atoms with Crippen molar-refractivity contribution in [2.24, 2.45) is 7.05 Å². The minimum atomic E-state index is -0.246. The number of hydrogen-bond donors (Lipinski definition) is 1. The van der Waals surface area contributed by atoms with Crippen molar-refractivity contribution in [2.45, 2.75) is 19.4 Å². The second-order valence-electron chi connectivity index (χ2n) is 6.30. The van der Waals surface area contributed by atoms with Crippen molar-refractivity contribution in [1.82, 2.24) is 24.7 Å². The van der Waals surface area contributed by atoms with Gasteiger partial charge in [-0.3, -0.25) is 9.67 Å². The first kappa shape index (κ1) is 17.1. The maximum absolute atomic E-state index is 13.3. The van der Waals surface area contributed by atoms with Crippen molar-refractivity contribution in [1.29, 1.82) is 0 Å². The third kappa shape index (κ3) is 3.36. The van der Waals surface area contributed by atoms with Crippen LogP contribution in [0.1, 0.15) is 24.9 Å². The van der Waals surface area contributed by atoms with Gasteiger partial charge in [0.05, 0.1) is 17.6 Å². The number of nitrogens with one attached hydrogen (secondary N) is 1. The number of anilines is 1. The zero-order chi connectivity index (χ0) is 18.8. The minimum Gasteiger partial charge on any atom is -0.363 e. The van der Waals surface area contributed by atoms with E-state index in [4.69, 9.17) is 4.98 Å². The fourth-order valence-electron chi connectivity index (χ4n) is 3.04. The molecule has 6 nitrogen and oxygen atoms in total. The zero-order valence-corrected chi connectivity index (χ0v) is 15.1. The summed E-state index contributed by atoms with van der Waals surface area (Å²) in [6.07, 6.45) is 6.02. The predicted molar refractivity (Wildman–Crippen MR) is 103 cm³/mol. The van der Waals surface area contributed by atoms with Crippen LogP contribution in [0.15, 0.2) is 55.0 Å².